The zero-order valence-electron chi connectivity index (χ0n) is 17.3. The molecule has 1 amide bonds. The molecule has 156 valence electrons. The molecule has 6 nitrogen and oxygen atoms in total. The predicted octanol–water partition coefficient (Wildman–Crippen LogP) is 3.83. The summed E-state index contributed by atoms with van der Waals surface area (Å²) in [5.41, 5.74) is 1.17. The Morgan fingerprint density at radius 2 is 1.90 bits per heavy atom. The van der Waals surface area contributed by atoms with Gasteiger partial charge in [0.2, 0.25) is 17.7 Å². The number of likely N-dealkylation sites (tertiary alicyclic amines) is 1. The summed E-state index contributed by atoms with van der Waals surface area (Å²) in [5.74, 6) is 3.82. The van der Waals surface area contributed by atoms with Crippen LogP contribution in [0.4, 0.5) is 0 Å². The minimum absolute atomic E-state index is 0.227. The lowest BCUT2D eigenvalue weighted by molar-refractivity contribution is -0.134. The number of aromatic nitrogens is 2. The van der Waals surface area contributed by atoms with E-state index in [1.54, 1.807) is 7.11 Å². The van der Waals surface area contributed by atoms with Crippen LogP contribution in [0.3, 0.4) is 0 Å². The fourth-order valence-corrected chi connectivity index (χ4v) is 4.77. The highest BCUT2D eigenvalue weighted by molar-refractivity contribution is 5.76. The van der Waals surface area contributed by atoms with Gasteiger partial charge in [0.25, 0.3) is 0 Å². The van der Waals surface area contributed by atoms with Crippen molar-refractivity contribution in [2.75, 3.05) is 20.2 Å². The van der Waals surface area contributed by atoms with Crippen molar-refractivity contribution in [2.24, 2.45) is 11.8 Å². The third kappa shape index (κ3) is 5.17. The Morgan fingerprint density at radius 1 is 1.10 bits per heavy atom. The van der Waals surface area contributed by atoms with Crippen LogP contribution >= 0.6 is 0 Å². The molecule has 1 aliphatic carbocycles. The lowest BCUT2D eigenvalue weighted by Crippen LogP contribution is -2.44. The lowest BCUT2D eigenvalue weighted by Gasteiger charge is -2.41. The summed E-state index contributed by atoms with van der Waals surface area (Å²) in [7, 11) is 1.67. The van der Waals surface area contributed by atoms with Gasteiger partial charge in [-0.2, -0.15) is 0 Å². The largest absolute Gasteiger partial charge is 0.497 e. The number of ether oxygens (including phenoxy) is 1. The minimum atomic E-state index is 0.227. The maximum absolute atomic E-state index is 12.6. The van der Waals surface area contributed by atoms with Gasteiger partial charge in [-0.25, -0.2) is 0 Å². The first-order valence-corrected chi connectivity index (χ1v) is 10.9. The van der Waals surface area contributed by atoms with E-state index in [-0.39, 0.29) is 5.91 Å². The standard InChI is InChI=1S/C23H31N3O3/c1-28-20-8-4-5-17(15-20)9-10-21-24-25-22(29-21)11-12-23(27)26-14-13-18-6-2-3-7-19(18)16-26/h4-5,8,15,18-19H,2-3,6-7,9-14,16H2,1H3/t18-,19-/m0/s1. The Labute approximate surface area is 172 Å². The van der Waals surface area contributed by atoms with Gasteiger partial charge in [0.15, 0.2) is 0 Å². The number of carbonyl (C=O) groups is 1. The van der Waals surface area contributed by atoms with Crippen molar-refractivity contribution in [1.29, 1.82) is 0 Å². The molecule has 0 radical (unpaired) electrons. The van der Waals surface area contributed by atoms with Gasteiger partial charge in [-0.05, 0) is 48.8 Å². The van der Waals surface area contributed by atoms with Crippen molar-refractivity contribution < 1.29 is 13.9 Å². The van der Waals surface area contributed by atoms with Gasteiger partial charge in [-0.3, -0.25) is 4.79 Å². The summed E-state index contributed by atoms with van der Waals surface area (Å²) >= 11 is 0. The Balaban J connectivity index is 1.23. The molecule has 1 aromatic heterocycles. The van der Waals surface area contributed by atoms with Crippen molar-refractivity contribution in [3.8, 4) is 5.75 Å². The zero-order valence-corrected chi connectivity index (χ0v) is 17.3. The van der Waals surface area contributed by atoms with E-state index in [1.165, 1.54) is 37.7 Å². The van der Waals surface area contributed by atoms with E-state index in [2.05, 4.69) is 21.2 Å². The van der Waals surface area contributed by atoms with Crippen LogP contribution in [0.15, 0.2) is 28.7 Å². The van der Waals surface area contributed by atoms with E-state index >= 15 is 0 Å². The van der Waals surface area contributed by atoms with Crippen LogP contribution in [0, 0.1) is 11.8 Å². The molecule has 2 fully saturated rings. The predicted molar refractivity (Wildman–Crippen MR) is 110 cm³/mol. The normalized spacial score (nSPS) is 21.6. The molecule has 0 unspecified atom stereocenters. The molecule has 2 aromatic rings. The van der Waals surface area contributed by atoms with Crippen molar-refractivity contribution in [3.63, 3.8) is 0 Å². The first kappa shape index (κ1) is 19.9. The second-order valence-corrected chi connectivity index (χ2v) is 8.37. The topological polar surface area (TPSA) is 68.5 Å². The maximum atomic E-state index is 12.6. The van der Waals surface area contributed by atoms with E-state index in [1.807, 2.05) is 18.2 Å². The number of piperidine rings is 1. The number of hydrogen-bond acceptors (Lipinski definition) is 5. The molecule has 1 aromatic carbocycles. The number of nitrogens with zero attached hydrogens (tertiary/aromatic N) is 3. The molecule has 0 spiro atoms. The average Bonchev–Trinajstić information content (AvgIpc) is 3.23. The SMILES string of the molecule is COc1cccc(CCc2nnc(CCC(=O)N3CC[C@@H]4CCCC[C@H]4C3)o2)c1. The van der Waals surface area contributed by atoms with Gasteiger partial charge in [0, 0.05) is 32.4 Å². The molecule has 1 aliphatic heterocycles. The van der Waals surface area contributed by atoms with Crippen LogP contribution in [0.5, 0.6) is 5.75 Å². The minimum Gasteiger partial charge on any atom is -0.497 e. The first-order valence-electron chi connectivity index (χ1n) is 10.9. The summed E-state index contributed by atoms with van der Waals surface area (Å²) in [6.45, 7) is 1.86. The number of fused-ring (bicyclic) bond motifs is 1. The molecule has 2 aliphatic rings. The van der Waals surface area contributed by atoms with Crippen LogP contribution in [0.1, 0.15) is 55.9 Å². The quantitative estimate of drug-likeness (QED) is 0.710. The highest BCUT2D eigenvalue weighted by atomic mass is 16.5. The van der Waals surface area contributed by atoms with Gasteiger partial charge >= 0.3 is 0 Å². The Hall–Kier alpha value is -2.37. The number of amides is 1. The Bertz CT molecular complexity index is 819. The summed E-state index contributed by atoms with van der Waals surface area (Å²) in [6.07, 6.45) is 8.98. The third-order valence-electron chi connectivity index (χ3n) is 6.47. The van der Waals surface area contributed by atoms with Crippen LogP contribution in [0.2, 0.25) is 0 Å². The van der Waals surface area contributed by atoms with Gasteiger partial charge < -0.3 is 14.1 Å². The van der Waals surface area contributed by atoms with Crippen molar-refractivity contribution in [3.05, 3.63) is 41.6 Å². The van der Waals surface area contributed by atoms with Crippen LogP contribution in [-0.2, 0) is 24.1 Å². The van der Waals surface area contributed by atoms with Gasteiger partial charge in [0.05, 0.1) is 7.11 Å². The molecule has 0 bridgehead atoms. The third-order valence-corrected chi connectivity index (χ3v) is 6.47. The highest BCUT2D eigenvalue weighted by Gasteiger charge is 2.32. The molecular weight excluding hydrogens is 366 g/mol. The summed E-state index contributed by atoms with van der Waals surface area (Å²) in [5, 5.41) is 8.28. The van der Waals surface area contributed by atoms with E-state index in [0.717, 1.165) is 31.2 Å². The summed E-state index contributed by atoms with van der Waals surface area (Å²) in [6, 6.07) is 8.00. The molecule has 0 N–H and O–H groups in total. The number of aryl methyl sites for hydroxylation is 3. The molecule has 2 heterocycles. The summed E-state index contributed by atoms with van der Waals surface area (Å²) < 4.78 is 11.0. The number of benzene rings is 1. The smallest absolute Gasteiger partial charge is 0.223 e. The first-order chi connectivity index (χ1) is 14.2. The number of carbonyl (C=O) groups excluding carboxylic acids is 1. The van der Waals surface area contributed by atoms with E-state index in [9.17, 15) is 4.79 Å². The van der Waals surface area contributed by atoms with Gasteiger partial charge in [-0.1, -0.05) is 31.4 Å². The molecule has 4 rings (SSSR count). The van der Waals surface area contributed by atoms with E-state index in [4.69, 9.17) is 9.15 Å². The maximum Gasteiger partial charge on any atom is 0.223 e. The molecule has 1 saturated carbocycles. The number of rotatable bonds is 7. The Kier molecular flexibility index (Phi) is 6.47. The molecule has 2 atom stereocenters. The van der Waals surface area contributed by atoms with Crippen molar-refractivity contribution in [2.45, 2.75) is 57.8 Å². The fourth-order valence-electron chi connectivity index (χ4n) is 4.77. The lowest BCUT2D eigenvalue weighted by atomic mass is 9.75. The second kappa shape index (κ2) is 9.42. The molecule has 29 heavy (non-hydrogen) atoms. The summed E-state index contributed by atoms with van der Waals surface area (Å²) in [4.78, 5) is 14.7. The van der Waals surface area contributed by atoms with E-state index < -0.39 is 0 Å². The zero-order chi connectivity index (χ0) is 20.1. The molecule has 6 heteroatoms. The van der Waals surface area contributed by atoms with Crippen molar-refractivity contribution in [1.82, 2.24) is 15.1 Å². The fraction of sp³-hybridized carbons (Fsp3) is 0.609. The number of methoxy groups -OCH3 is 1. The molecular formula is C23H31N3O3. The second-order valence-electron chi connectivity index (χ2n) is 8.37. The van der Waals surface area contributed by atoms with Crippen LogP contribution in [-0.4, -0.2) is 41.2 Å². The monoisotopic (exact) mass is 397 g/mol. The molecule has 1 saturated heterocycles. The highest BCUT2D eigenvalue weighted by Crippen LogP contribution is 2.36. The van der Waals surface area contributed by atoms with Gasteiger partial charge in [-0.15, -0.1) is 10.2 Å². The van der Waals surface area contributed by atoms with Crippen molar-refractivity contribution >= 4 is 5.91 Å². The average molecular weight is 398 g/mol. The number of hydrogen-bond donors (Lipinski definition) is 0. The van der Waals surface area contributed by atoms with Crippen LogP contribution in [0.25, 0.3) is 0 Å². The van der Waals surface area contributed by atoms with Gasteiger partial charge in [0.1, 0.15) is 5.75 Å². The van der Waals surface area contributed by atoms with E-state index in [0.29, 0.717) is 37.0 Å². The Morgan fingerprint density at radius 3 is 2.72 bits per heavy atom. The van der Waals surface area contributed by atoms with Crippen LogP contribution < -0.4 is 4.74 Å².